The van der Waals surface area contributed by atoms with Gasteiger partial charge in [0.05, 0.1) is 0 Å². The first-order valence-electron chi connectivity index (χ1n) is 11.0. The second-order valence-corrected chi connectivity index (χ2v) is 9.83. The number of nitrogens with zero attached hydrogens (tertiary/aromatic N) is 1. The number of hydrogen-bond donors (Lipinski definition) is 3. The summed E-state index contributed by atoms with van der Waals surface area (Å²) >= 11 is 0. The van der Waals surface area contributed by atoms with E-state index in [2.05, 4.69) is 16.1 Å². The number of nitrogens with one attached hydrogen (secondary N) is 3. The first-order chi connectivity index (χ1) is 14.6. The highest BCUT2D eigenvalue weighted by Crippen LogP contribution is 2.60. The highest BCUT2D eigenvalue weighted by atomic mass is 16.5. The van der Waals surface area contributed by atoms with Gasteiger partial charge in [-0.25, -0.2) is 4.79 Å². The molecule has 170 valence electrons. The Morgan fingerprint density at radius 3 is 2.19 bits per heavy atom. The summed E-state index contributed by atoms with van der Waals surface area (Å²) in [4.78, 5) is 61.0. The number of urea groups is 1. The average molecular weight is 434 g/mol. The molecule has 31 heavy (non-hydrogen) atoms. The van der Waals surface area contributed by atoms with Crippen LogP contribution in [0.25, 0.3) is 0 Å². The van der Waals surface area contributed by atoms with Crippen LogP contribution >= 0.6 is 0 Å². The molecule has 4 bridgehead atoms. The van der Waals surface area contributed by atoms with Crippen molar-refractivity contribution in [3.05, 3.63) is 0 Å². The van der Waals surface area contributed by atoms with Crippen LogP contribution in [0.5, 0.6) is 0 Å². The van der Waals surface area contributed by atoms with Crippen LogP contribution in [0, 0.1) is 23.2 Å². The van der Waals surface area contributed by atoms with Gasteiger partial charge in [0.15, 0.2) is 6.61 Å². The van der Waals surface area contributed by atoms with E-state index < -0.39 is 36.0 Å². The molecule has 1 saturated heterocycles. The SMILES string of the molecule is CC[C@@]1(C)NC(=O)N(NC(=O)COC(=O)CNC(=O)C23CC4CC(CC(C4)C2)C3)C1=O. The number of amides is 5. The molecule has 0 spiro atoms. The minimum Gasteiger partial charge on any atom is -0.454 e. The minimum atomic E-state index is -1.08. The largest absolute Gasteiger partial charge is 0.454 e. The summed E-state index contributed by atoms with van der Waals surface area (Å²) in [5.41, 5.74) is 0.705. The molecule has 0 aromatic heterocycles. The number of hydrogen-bond acceptors (Lipinski definition) is 6. The fraction of sp³-hybridized carbons (Fsp3) is 0.762. The molecule has 5 aliphatic rings. The second-order valence-electron chi connectivity index (χ2n) is 9.83. The molecule has 5 rings (SSSR count). The van der Waals surface area contributed by atoms with Crippen LogP contribution in [0.15, 0.2) is 0 Å². The van der Waals surface area contributed by atoms with Gasteiger partial charge < -0.3 is 15.4 Å². The molecule has 1 atom stereocenters. The number of hydrazine groups is 1. The molecular formula is C21H30N4O6. The van der Waals surface area contributed by atoms with Crippen molar-refractivity contribution in [1.82, 2.24) is 21.1 Å². The van der Waals surface area contributed by atoms with Gasteiger partial charge in [-0.2, -0.15) is 5.01 Å². The smallest absolute Gasteiger partial charge is 0.344 e. The predicted molar refractivity (Wildman–Crippen MR) is 107 cm³/mol. The van der Waals surface area contributed by atoms with E-state index in [1.54, 1.807) is 13.8 Å². The molecule has 0 aromatic rings. The summed E-state index contributed by atoms with van der Waals surface area (Å²) in [6, 6.07) is -0.739. The molecule has 0 aromatic carbocycles. The summed E-state index contributed by atoms with van der Waals surface area (Å²) < 4.78 is 4.90. The summed E-state index contributed by atoms with van der Waals surface area (Å²) in [6.45, 7) is 2.33. The Hall–Kier alpha value is -2.65. The van der Waals surface area contributed by atoms with Crippen LogP contribution in [0.3, 0.4) is 0 Å². The maximum atomic E-state index is 12.8. The zero-order valence-electron chi connectivity index (χ0n) is 18.0. The Bertz CT molecular complexity index is 791. The van der Waals surface area contributed by atoms with Crippen LogP contribution in [0.4, 0.5) is 4.79 Å². The summed E-state index contributed by atoms with van der Waals surface area (Å²) in [7, 11) is 0. The van der Waals surface area contributed by atoms with Gasteiger partial charge in [0.1, 0.15) is 12.1 Å². The Balaban J connectivity index is 1.21. The third-order valence-corrected chi connectivity index (χ3v) is 7.48. The Kier molecular flexibility index (Phi) is 5.43. The monoisotopic (exact) mass is 434 g/mol. The molecule has 10 nitrogen and oxygen atoms in total. The van der Waals surface area contributed by atoms with Gasteiger partial charge in [0.2, 0.25) is 5.91 Å². The van der Waals surface area contributed by atoms with Crippen molar-refractivity contribution >= 4 is 29.7 Å². The fourth-order valence-electron chi connectivity index (χ4n) is 6.11. The Morgan fingerprint density at radius 2 is 1.68 bits per heavy atom. The first-order valence-corrected chi connectivity index (χ1v) is 11.0. The van der Waals surface area contributed by atoms with Gasteiger partial charge in [-0.05, 0) is 69.6 Å². The van der Waals surface area contributed by atoms with Crippen molar-refractivity contribution in [2.75, 3.05) is 13.2 Å². The van der Waals surface area contributed by atoms with Crippen LogP contribution < -0.4 is 16.1 Å². The maximum Gasteiger partial charge on any atom is 0.344 e. The molecule has 4 saturated carbocycles. The number of carbonyl (C=O) groups excluding carboxylic acids is 5. The molecule has 5 fully saturated rings. The number of esters is 1. The number of imide groups is 1. The molecule has 0 radical (unpaired) electrons. The maximum absolute atomic E-state index is 12.8. The second kappa shape index (κ2) is 7.80. The van der Waals surface area contributed by atoms with E-state index in [1.807, 2.05) is 0 Å². The molecular weight excluding hydrogens is 404 g/mol. The lowest BCUT2D eigenvalue weighted by molar-refractivity contribution is -0.153. The highest BCUT2D eigenvalue weighted by Gasteiger charge is 2.54. The number of ether oxygens (including phenoxy) is 1. The topological polar surface area (TPSA) is 134 Å². The van der Waals surface area contributed by atoms with Crippen molar-refractivity contribution in [1.29, 1.82) is 0 Å². The minimum absolute atomic E-state index is 0.0915. The lowest BCUT2D eigenvalue weighted by Gasteiger charge is -2.55. The van der Waals surface area contributed by atoms with Crippen molar-refractivity contribution in [3.63, 3.8) is 0 Å². The van der Waals surface area contributed by atoms with Crippen molar-refractivity contribution in [2.24, 2.45) is 23.2 Å². The third kappa shape index (κ3) is 3.99. The zero-order valence-corrected chi connectivity index (χ0v) is 18.0. The predicted octanol–water partition coefficient (Wildman–Crippen LogP) is 0.614. The van der Waals surface area contributed by atoms with E-state index in [0.29, 0.717) is 29.2 Å². The molecule has 1 aliphatic heterocycles. The van der Waals surface area contributed by atoms with E-state index in [4.69, 9.17) is 4.74 Å². The van der Waals surface area contributed by atoms with E-state index in [9.17, 15) is 24.0 Å². The quantitative estimate of drug-likeness (QED) is 0.397. The average Bonchev–Trinajstić information content (AvgIpc) is 2.93. The summed E-state index contributed by atoms with van der Waals surface area (Å²) in [5.74, 6) is -0.379. The molecule has 4 aliphatic carbocycles. The van der Waals surface area contributed by atoms with Gasteiger partial charge in [0.25, 0.3) is 11.8 Å². The highest BCUT2D eigenvalue weighted by molar-refractivity contribution is 6.07. The Morgan fingerprint density at radius 1 is 1.10 bits per heavy atom. The van der Waals surface area contributed by atoms with Gasteiger partial charge in [-0.1, -0.05) is 6.92 Å². The molecule has 3 N–H and O–H groups in total. The van der Waals surface area contributed by atoms with Crippen LogP contribution in [0.1, 0.15) is 58.8 Å². The molecule has 10 heteroatoms. The van der Waals surface area contributed by atoms with E-state index in [1.165, 1.54) is 19.3 Å². The van der Waals surface area contributed by atoms with E-state index >= 15 is 0 Å². The molecule has 0 unspecified atom stereocenters. The van der Waals surface area contributed by atoms with Crippen LogP contribution in [-0.2, 0) is 23.9 Å². The summed E-state index contributed by atoms with van der Waals surface area (Å²) in [6.07, 6.45) is 6.71. The van der Waals surface area contributed by atoms with E-state index in [0.717, 1.165) is 19.3 Å². The third-order valence-electron chi connectivity index (χ3n) is 7.48. The normalized spacial score (nSPS) is 35.7. The number of rotatable bonds is 7. The van der Waals surface area contributed by atoms with Crippen LogP contribution in [-0.4, -0.2) is 53.4 Å². The van der Waals surface area contributed by atoms with Crippen molar-refractivity contribution in [2.45, 2.75) is 64.3 Å². The van der Waals surface area contributed by atoms with Gasteiger partial charge in [0, 0.05) is 5.41 Å². The summed E-state index contributed by atoms with van der Waals surface area (Å²) in [5, 5.41) is 5.79. The number of carbonyl (C=O) groups is 5. The molecule has 1 heterocycles. The van der Waals surface area contributed by atoms with Gasteiger partial charge in [-0.15, -0.1) is 0 Å². The molecule has 5 amide bonds. The standard InChI is InChI=1S/C21H30N4O6/c1-3-20(2)18(29)25(19(30)23-20)24-15(26)11-31-16(27)10-22-17(28)21-7-12-4-13(8-21)6-14(5-12)9-21/h12-14H,3-11H2,1-2H3,(H,22,28)(H,23,30)(H,24,26)/t12?,13?,14?,20-,21?/m1/s1. The van der Waals surface area contributed by atoms with Crippen molar-refractivity contribution in [3.8, 4) is 0 Å². The lowest BCUT2D eigenvalue weighted by atomic mass is 9.49. The Labute approximate surface area is 180 Å². The lowest BCUT2D eigenvalue weighted by Crippen LogP contribution is -2.54. The zero-order chi connectivity index (χ0) is 22.4. The van der Waals surface area contributed by atoms with Gasteiger partial charge in [-0.3, -0.25) is 24.6 Å². The van der Waals surface area contributed by atoms with Crippen LogP contribution in [0.2, 0.25) is 0 Å². The van der Waals surface area contributed by atoms with Gasteiger partial charge >= 0.3 is 12.0 Å². The van der Waals surface area contributed by atoms with Crippen molar-refractivity contribution < 1.29 is 28.7 Å². The van der Waals surface area contributed by atoms with E-state index in [-0.39, 0.29) is 17.9 Å². The fourth-order valence-corrected chi connectivity index (χ4v) is 6.11. The first kappa shape index (κ1) is 21.6.